The summed E-state index contributed by atoms with van der Waals surface area (Å²) >= 11 is 0. The van der Waals surface area contributed by atoms with E-state index in [-0.39, 0.29) is 18.2 Å². The van der Waals surface area contributed by atoms with Gasteiger partial charge in [0.05, 0.1) is 12.5 Å². The Bertz CT molecular complexity index is 1080. The Morgan fingerprint density at radius 2 is 1.80 bits per heavy atom. The number of nitrogens with one attached hydrogen (secondary N) is 2. The lowest BCUT2D eigenvalue weighted by Crippen LogP contribution is -2.29. The van der Waals surface area contributed by atoms with Gasteiger partial charge in [0.2, 0.25) is 11.8 Å². The molecule has 0 saturated carbocycles. The van der Waals surface area contributed by atoms with Crippen molar-refractivity contribution in [3.05, 3.63) is 95.3 Å². The molecule has 1 heterocycles. The zero-order valence-electron chi connectivity index (χ0n) is 17.0. The number of pyridine rings is 1. The third kappa shape index (κ3) is 6.32. The molecule has 0 fully saturated rings. The van der Waals surface area contributed by atoms with Crippen molar-refractivity contribution in [2.24, 2.45) is 0 Å². The first kappa shape index (κ1) is 20.8. The maximum absolute atomic E-state index is 12.6. The molecule has 2 aromatic carbocycles. The van der Waals surface area contributed by atoms with E-state index < -0.39 is 6.04 Å². The third-order valence-corrected chi connectivity index (χ3v) is 4.39. The number of amides is 2. The van der Waals surface area contributed by atoms with Gasteiger partial charge in [-0.25, -0.2) is 4.98 Å². The van der Waals surface area contributed by atoms with Crippen molar-refractivity contribution < 1.29 is 9.59 Å². The van der Waals surface area contributed by atoms with Crippen LogP contribution in [0.1, 0.15) is 41.8 Å². The quantitative estimate of drug-likeness (QED) is 0.640. The predicted molar refractivity (Wildman–Crippen MR) is 118 cm³/mol. The fourth-order valence-corrected chi connectivity index (χ4v) is 2.94. The fraction of sp³-hybridized carbons (Fsp3) is 0.160. The number of benzene rings is 2. The summed E-state index contributed by atoms with van der Waals surface area (Å²) in [4.78, 5) is 28.4. The molecule has 3 rings (SSSR count). The maximum Gasteiger partial charge on any atom is 0.226 e. The number of rotatable bonds is 5. The van der Waals surface area contributed by atoms with E-state index >= 15 is 0 Å². The average molecular weight is 397 g/mol. The van der Waals surface area contributed by atoms with Gasteiger partial charge < -0.3 is 10.6 Å². The molecule has 1 atom stereocenters. The Kier molecular flexibility index (Phi) is 6.96. The zero-order chi connectivity index (χ0) is 21.3. The lowest BCUT2D eigenvalue weighted by Gasteiger charge is -2.18. The number of aromatic nitrogens is 1. The molecule has 0 saturated heterocycles. The summed E-state index contributed by atoms with van der Waals surface area (Å²) in [5.74, 6) is 5.68. The molecule has 0 radical (unpaired) electrons. The second-order valence-electron chi connectivity index (χ2n) is 6.96. The van der Waals surface area contributed by atoms with Crippen LogP contribution >= 0.6 is 0 Å². The van der Waals surface area contributed by atoms with Crippen LogP contribution in [0, 0.1) is 18.8 Å². The van der Waals surface area contributed by atoms with Gasteiger partial charge in [-0.2, -0.15) is 0 Å². The largest absolute Gasteiger partial charge is 0.349 e. The molecule has 0 aliphatic carbocycles. The summed E-state index contributed by atoms with van der Waals surface area (Å²) in [6.07, 6.45) is 1.83. The summed E-state index contributed by atoms with van der Waals surface area (Å²) in [5, 5.41) is 5.74. The smallest absolute Gasteiger partial charge is 0.226 e. The Morgan fingerprint density at radius 3 is 2.50 bits per heavy atom. The second kappa shape index (κ2) is 10.0. The normalized spacial score (nSPS) is 11.0. The maximum atomic E-state index is 12.6. The number of hydrogen-bond acceptors (Lipinski definition) is 3. The monoisotopic (exact) mass is 397 g/mol. The number of nitrogens with zero attached hydrogens (tertiary/aromatic N) is 1. The van der Waals surface area contributed by atoms with Gasteiger partial charge in [0.25, 0.3) is 0 Å². The van der Waals surface area contributed by atoms with Crippen molar-refractivity contribution in [1.29, 1.82) is 0 Å². The topological polar surface area (TPSA) is 71.1 Å². The molecular weight excluding hydrogens is 374 g/mol. The van der Waals surface area contributed by atoms with E-state index in [1.807, 2.05) is 73.7 Å². The molecule has 2 N–H and O–H groups in total. The van der Waals surface area contributed by atoms with Gasteiger partial charge in [-0.3, -0.25) is 9.59 Å². The molecule has 2 amide bonds. The highest BCUT2D eigenvalue weighted by molar-refractivity contribution is 5.91. The van der Waals surface area contributed by atoms with E-state index in [0.29, 0.717) is 11.4 Å². The standard InChI is InChI=1S/C25H23N3O2/c1-18-9-12-21(13-10-18)24(27-19(2)29)17-25(30)28-23-8-5-6-20(16-23)11-14-22-7-3-4-15-26-22/h3-10,12-13,15-16,24H,17H2,1-2H3,(H,27,29)(H,28,30). The molecule has 1 aromatic heterocycles. The molecule has 0 spiro atoms. The Balaban J connectivity index is 1.69. The van der Waals surface area contributed by atoms with Gasteiger partial charge in [0.1, 0.15) is 5.69 Å². The summed E-state index contributed by atoms with van der Waals surface area (Å²) in [5.41, 5.74) is 4.12. The first-order chi connectivity index (χ1) is 14.5. The molecule has 5 nitrogen and oxygen atoms in total. The minimum absolute atomic E-state index is 0.131. The number of aryl methyl sites for hydroxylation is 1. The molecule has 0 bridgehead atoms. The van der Waals surface area contributed by atoms with Crippen LogP contribution in [0.5, 0.6) is 0 Å². The van der Waals surface area contributed by atoms with Crippen LogP contribution in [-0.2, 0) is 9.59 Å². The summed E-state index contributed by atoms with van der Waals surface area (Å²) < 4.78 is 0. The van der Waals surface area contributed by atoms with Gasteiger partial charge in [0, 0.05) is 24.4 Å². The van der Waals surface area contributed by atoms with Crippen molar-refractivity contribution >= 4 is 17.5 Å². The average Bonchev–Trinajstić information content (AvgIpc) is 2.73. The predicted octanol–water partition coefficient (Wildman–Crippen LogP) is 4.00. The van der Waals surface area contributed by atoms with E-state index in [4.69, 9.17) is 0 Å². The van der Waals surface area contributed by atoms with Crippen LogP contribution in [0.3, 0.4) is 0 Å². The molecule has 150 valence electrons. The fourth-order valence-electron chi connectivity index (χ4n) is 2.94. The summed E-state index contributed by atoms with van der Waals surface area (Å²) in [6, 6.07) is 20.3. The summed E-state index contributed by atoms with van der Waals surface area (Å²) in [7, 11) is 0. The van der Waals surface area contributed by atoms with Gasteiger partial charge in [0.15, 0.2) is 0 Å². The lowest BCUT2D eigenvalue weighted by atomic mass is 10.0. The number of carbonyl (C=O) groups excluding carboxylic acids is 2. The van der Waals surface area contributed by atoms with Crippen molar-refractivity contribution in [1.82, 2.24) is 10.3 Å². The van der Waals surface area contributed by atoms with Crippen molar-refractivity contribution in [3.8, 4) is 11.8 Å². The molecule has 30 heavy (non-hydrogen) atoms. The first-order valence-electron chi connectivity index (χ1n) is 9.66. The minimum atomic E-state index is -0.393. The number of carbonyl (C=O) groups is 2. The van der Waals surface area contributed by atoms with Gasteiger partial charge in [-0.15, -0.1) is 0 Å². The molecule has 5 heteroatoms. The highest BCUT2D eigenvalue weighted by Gasteiger charge is 2.17. The highest BCUT2D eigenvalue weighted by Crippen LogP contribution is 2.19. The minimum Gasteiger partial charge on any atom is -0.349 e. The lowest BCUT2D eigenvalue weighted by molar-refractivity contribution is -0.120. The summed E-state index contributed by atoms with van der Waals surface area (Å²) in [6.45, 7) is 3.44. The van der Waals surface area contributed by atoms with Crippen LogP contribution in [0.25, 0.3) is 0 Å². The van der Waals surface area contributed by atoms with Crippen LogP contribution < -0.4 is 10.6 Å². The van der Waals surface area contributed by atoms with Crippen LogP contribution in [0.2, 0.25) is 0 Å². The van der Waals surface area contributed by atoms with Crippen LogP contribution in [-0.4, -0.2) is 16.8 Å². The van der Waals surface area contributed by atoms with E-state index in [9.17, 15) is 9.59 Å². The molecule has 1 unspecified atom stereocenters. The van der Waals surface area contributed by atoms with Crippen LogP contribution in [0.4, 0.5) is 5.69 Å². The van der Waals surface area contributed by atoms with E-state index in [2.05, 4.69) is 27.5 Å². The Hall–Kier alpha value is -3.91. The van der Waals surface area contributed by atoms with Gasteiger partial charge in [-0.1, -0.05) is 47.9 Å². The molecule has 0 aliphatic rings. The highest BCUT2D eigenvalue weighted by atomic mass is 16.2. The number of hydrogen-bond donors (Lipinski definition) is 2. The number of anilines is 1. The molecule has 3 aromatic rings. The van der Waals surface area contributed by atoms with Crippen molar-refractivity contribution in [2.45, 2.75) is 26.3 Å². The molecular formula is C25H23N3O2. The van der Waals surface area contributed by atoms with Gasteiger partial charge >= 0.3 is 0 Å². The molecule has 0 aliphatic heterocycles. The van der Waals surface area contributed by atoms with Gasteiger partial charge in [-0.05, 0) is 48.7 Å². The SMILES string of the molecule is CC(=O)NC(CC(=O)Nc1cccc(C#Cc2ccccn2)c1)c1ccc(C)cc1. The third-order valence-electron chi connectivity index (χ3n) is 4.39. The second-order valence-corrected chi connectivity index (χ2v) is 6.96. The van der Waals surface area contributed by atoms with E-state index in [1.165, 1.54) is 6.92 Å². The van der Waals surface area contributed by atoms with E-state index in [1.54, 1.807) is 6.20 Å². The van der Waals surface area contributed by atoms with Crippen LogP contribution in [0.15, 0.2) is 72.9 Å². The Labute approximate surface area is 176 Å². The van der Waals surface area contributed by atoms with Crippen molar-refractivity contribution in [3.63, 3.8) is 0 Å². The van der Waals surface area contributed by atoms with E-state index in [0.717, 1.165) is 16.7 Å². The zero-order valence-corrected chi connectivity index (χ0v) is 17.0. The first-order valence-corrected chi connectivity index (χ1v) is 9.66. The Morgan fingerprint density at radius 1 is 1.00 bits per heavy atom. The van der Waals surface area contributed by atoms with Crippen molar-refractivity contribution in [2.75, 3.05) is 5.32 Å².